The van der Waals surface area contributed by atoms with Crippen LogP contribution in [0.1, 0.15) is 47.0 Å². The third kappa shape index (κ3) is 4.16. The summed E-state index contributed by atoms with van der Waals surface area (Å²) in [5, 5.41) is 2.85. The van der Waals surface area contributed by atoms with Crippen LogP contribution in [0.4, 0.5) is 5.69 Å². The van der Waals surface area contributed by atoms with E-state index in [1.165, 1.54) is 0 Å². The molecule has 1 atom stereocenters. The van der Waals surface area contributed by atoms with Gasteiger partial charge in [-0.25, -0.2) is 8.42 Å². The summed E-state index contributed by atoms with van der Waals surface area (Å²) in [5.74, 6) is 0.328. The van der Waals surface area contributed by atoms with Crippen molar-refractivity contribution in [2.24, 2.45) is 11.3 Å². The number of hydrogen-bond acceptors (Lipinski definition) is 3. The number of anilines is 1. The second kappa shape index (κ2) is 7.23. The van der Waals surface area contributed by atoms with Crippen molar-refractivity contribution in [1.29, 1.82) is 0 Å². The summed E-state index contributed by atoms with van der Waals surface area (Å²) in [6.07, 6.45) is 2.71. The summed E-state index contributed by atoms with van der Waals surface area (Å²) in [7, 11) is -3.45. The Bertz CT molecular complexity index is 681. The van der Waals surface area contributed by atoms with Gasteiger partial charge in [-0.3, -0.25) is 4.79 Å². The van der Waals surface area contributed by atoms with E-state index in [0.29, 0.717) is 24.7 Å². The van der Waals surface area contributed by atoms with Crippen LogP contribution in [0, 0.1) is 11.3 Å². The second-order valence-electron chi connectivity index (χ2n) is 7.33. The zero-order valence-corrected chi connectivity index (χ0v) is 15.8. The highest BCUT2D eigenvalue weighted by Gasteiger charge is 2.29. The molecule has 1 N–H and O–H groups in total. The van der Waals surface area contributed by atoms with Gasteiger partial charge in [-0.05, 0) is 49.4 Å². The van der Waals surface area contributed by atoms with Crippen molar-refractivity contribution in [1.82, 2.24) is 4.31 Å². The zero-order valence-electron chi connectivity index (χ0n) is 15.0. The van der Waals surface area contributed by atoms with Gasteiger partial charge in [0.15, 0.2) is 0 Å². The van der Waals surface area contributed by atoms with Crippen LogP contribution in [0.2, 0.25) is 0 Å². The van der Waals surface area contributed by atoms with E-state index in [1.54, 1.807) is 28.6 Å². The summed E-state index contributed by atoms with van der Waals surface area (Å²) in [4.78, 5) is 12.5. The highest BCUT2D eigenvalue weighted by atomic mass is 32.2. The SMILES string of the molecule is CCC(C)(C)C(=O)Nc1ccc(S(=O)(=O)N2CCCC(C)C2)cc1. The van der Waals surface area contributed by atoms with Gasteiger partial charge in [0.25, 0.3) is 0 Å². The molecule has 0 aliphatic carbocycles. The van der Waals surface area contributed by atoms with Gasteiger partial charge in [-0.15, -0.1) is 0 Å². The molecule has 1 saturated heterocycles. The van der Waals surface area contributed by atoms with Crippen LogP contribution in [0.5, 0.6) is 0 Å². The van der Waals surface area contributed by atoms with Crippen molar-refractivity contribution in [3.63, 3.8) is 0 Å². The number of nitrogens with one attached hydrogen (secondary N) is 1. The number of sulfonamides is 1. The molecule has 24 heavy (non-hydrogen) atoms. The van der Waals surface area contributed by atoms with Gasteiger partial charge in [0.2, 0.25) is 15.9 Å². The van der Waals surface area contributed by atoms with Crippen molar-refractivity contribution in [3.8, 4) is 0 Å². The fourth-order valence-electron chi connectivity index (χ4n) is 2.68. The Morgan fingerprint density at radius 2 is 1.92 bits per heavy atom. The maximum Gasteiger partial charge on any atom is 0.243 e. The first-order valence-electron chi connectivity index (χ1n) is 8.58. The van der Waals surface area contributed by atoms with Crippen LogP contribution >= 0.6 is 0 Å². The Morgan fingerprint density at radius 3 is 2.46 bits per heavy atom. The van der Waals surface area contributed by atoms with E-state index in [2.05, 4.69) is 12.2 Å². The van der Waals surface area contributed by atoms with Gasteiger partial charge in [0, 0.05) is 24.2 Å². The fourth-order valence-corrected chi connectivity index (χ4v) is 4.28. The van der Waals surface area contributed by atoms with E-state index < -0.39 is 15.4 Å². The number of rotatable bonds is 5. The summed E-state index contributed by atoms with van der Waals surface area (Å²) in [6, 6.07) is 6.46. The maximum atomic E-state index is 12.7. The van der Waals surface area contributed by atoms with Crippen LogP contribution in [0.25, 0.3) is 0 Å². The van der Waals surface area contributed by atoms with E-state index in [9.17, 15) is 13.2 Å². The summed E-state index contributed by atoms with van der Waals surface area (Å²) in [5.41, 5.74) is 0.168. The quantitative estimate of drug-likeness (QED) is 0.882. The van der Waals surface area contributed by atoms with Gasteiger partial charge >= 0.3 is 0 Å². The van der Waals surface area contributed by atoms with Crippen LogP contribution in [-0.4, -0.2) is 31.7 Å². The number of piperidine rings is 1. The lowest BCUT2D eigenvalue weighted by molar-refractivity contribution is -0.124. The molecule has 0 bridgehead atoms. The summed E-state index contributed by atoms with van der Waals surface area (Å²) < 4.78 is 27.0. The highest BCUT2D eigenvalue weighted by Crippen LogP contribution is 2.26. The lowest BCUT2D eigenvalue weighted by Crippen LogP contribution is -2.39. The lowest BCUT2D eigenvalue weighted by Gasteiger charge is -2.30. The molecule has 0 spiro atoms. The van der Waals surface area contributed by atoms with Crippen LogP contribution in [0.3, 0.4) is 0 Å². The van der Waals surface area contributed by atoms with E-state index in [-0.39, 0.29) is 10.8 Å². The first-order chi connectivity index (χ1) is 11.2. The van der Waals surface area contributed by atoms with Crippen molar-refractivity contribution >= 4 is 21.6 Å². The van der Waals surface area contributed by atoms with Gasteiger partial charge in [-0.2, -0.15) is 4.31 Å². The average Bonchev–Trinajstić information content (AvgIpc) is 2.55. The Labute approximate surface area is 145 Å². The summed E-state index contributed by atoms with van der Waals surface area (Å²) >= 11 is 0. The molecule has 0 saturated carbocycles. The highest BCUT2D eigenvalue weighted by molar-refractivity contribution is 7.89. The van der Waals surface area contributed by atoms with Crippen LogP contribution in [0.15, 0.2) is 29.2 Å². The number of benzene rings is 1. The maximum absolute atomic E-state index is 12.7. The topological polar surface area (TPSA) is 66.5 Å². The predicted molar refractivity (Wildman–Crippen MR) is 96.3 cm³/mol. The van der Waals surface area contributed by atoms with E-state index >= 15 is 0 Å². The number of hydrogen-bond donors (Lipinski definition) is 1. The average molecular weight is 353 g/mol. The summed E-state index contributed by atoms with van der Waals surface area (Å²) in [6.45, 7) is 8.98. The second-order valence-corrected chi connectivity index (χ2v) is 9.26. The van der Waals surface area contributed by atoms with Crippen molar-refractivity contribution in [2.75, 3.05) is 18.4 Å². The normalized spacial score (nSPS) is 19.9. The minimum absolute atomic E-state index is 0.0644. The molecule has 1 aromatic carbocycles. The number of amides is 1. The molecule has 1 unspecified atom stereocenters. The van der Waals surface area contributed by atoms with Crippen LogP contribution < -0.4 is 5.32 Å². The van der Waals surface area contributed by atoms with E-state index in [4.69, 9.17) is 0 Å². The lowest BCUT2D eigenvalue weighted by atomic mass is 9.89. The molecule has 1 aromatic rings. The number of nitrogens with zero attached hydrogens (tertiary/aromatic N) is 1. The Balaban J connectivity index is 2.12. The molecule has 1 heterocycles. The van der Waals surface area contributed by atoms with Gasteiger partial charge in [0.1, 0.15) is 0 Å². The molecule has 1 aliphatic rings. The van der Waals surface area contributed by atoms with Crippen LogP contribution in [-0.2, 0) is 14.8 Å². The van der Waals surface area contributed by atoms with Crippen molar-refractivity contribution in [3.05, 3.63) is 24.3 Å². The molecule has 1 fully saturated rings. The Kier molecular flexibility index (Phi) is 5.71. The number of carbonyl (C=O) groups excluding carboxylic acids is 1. The Hall–Kier alpha value is -1.40. The number of carbonyl (C=O) groups is 1. The standard InChI is InChI=1S/C18H28N2O3S/c1-5-18(3,4)17(21)19-15-8-10-16(11-9-15)24(22,23)20-12-6-7-14(2)13-20/h8-11,14H,5-7,12-13H2,1-4H3,(H,19,21). The molecule has 134 valence electrons. The molecule has 0 radical (unpaired) electrons. The predicted octanol–water partition coefficient (Wildman–Crippen LogP) is 3.48. The smallest absolute Gasteiger partial charge is 0.243 e. The molecule has 1 aliphatic heterocycles. The molecule has 2 rings (SSSR count). The molecular weight excluding hydrogens is 324 g/mol. The third-order valence-electron chi connectivity index (χ3n) is 4.87. The third-order valence-corrected chi connectivity index (χ3v) is 6.75. The molecule has 5 nitrogen and oxygen atoms in total. The van der Waals surface area contributed by atoms with Crippen molar-refractivity contribution in [2.45, 2.75) is 51.9 Å². The van der Waals surface area contributed by atoms with E-state index in [0.717, 1.165) is 19.3 Å². The van der Waals surface area contributed by atoms with Gasteiger partial charge < -0.3 is 5.32 Å². The molecule has 0 aromatic heterocycles. The fraction of sp³-hybridized carbons (Fsp3) is 0.611. The van der Waals surface area contributed by atoms with E-state index in [1.807, 2.05) is 20.8 Å². The monoisotopic (exact) mass is 352 g/mol. The minimum Gasteiger partial charge on any atom is -0.326 e. The first kappa shape index (κ1) is 18.9. The van der Waals surface area contributed by atoms with Gasteiger partial charge in [0.05, 0.1) is 4.90 Å². The molecular formula is C18H28N2O3S. The first-order valence-corrected chi connectivity index (χ1v) is 10.0. The minimum atomic E-state index is -3.45. The zero-order chi connectivity index (χ0) is 18.0. The van der Waals surface area contributed by atoms with Gasteiger partial charge in [-0.1, -0.05) is 27.7 Å². The Morgan fingerprint density at radius 1 is 1.29 bits per heavy atom. The van der Waals surface area contributed by atoms with Crippen molar-refractivity contribution < 1.29 is 13.2 Å². The molecule has 6 heteroatoms. The largest absolute Gasteiger partial charge is 0.326 e. The molecule has 1 amide bonds.